The van der Waals surface area contributed by atoms with Crippen LogP contribution in [0.5, 0.6) is 5.75 Å². The van der Waals surface area contributed by atoms with Gasteiger partial charge in [0.15, 0.2) is 0 Å². The van der Waals surface area contributed by atoms with Crippen LogP contribution in [0.1, 0.15) is 5.56 Å². The van der Waals surface area contributed by atoms with Gasteiger partial charge in [-0.3, -0.25) is 0 Å². The highest BCUT2D eigenvalue weighted by Crippen LogP contribution is 2.19. The second-order valence-electron chi connectivity index (χ2n) is 5.99. The number of sulfonamides is 1. The molecular formula is C18H23ClN2O3S. The molecule has 1 heterocycles. The van der Waals surface area contributed by atoms with Crippen molar-refractivity contribution >= 4 is 10.0 Å². The first-order chi connectivity index (χ1) is 11.6. The average molecular weight is 383 g/mol. The number of methoxy groups -OCH3 is 1. The summed E-state index contributed by atoms with van der Waals surface area (Å²) in [6.07, 6.45) is 0. The van der Waals surface area contributed by atoms with E-state index >= 15 is 0 Å². The van der Waals surface area contributed by atoms with Crippen LogP contribution in [0.4, 0.5) is 0 Å². The van der Waals surface area contributed by atoms with E-state index in [1.807, 2.05) is 18.2 Å². The molecule has 1 N–H and O–H groups in total. The van der Waals surface area contributed by atoms with Gasteiger partial charge in [0.05, 0.1) is 38.2 Å². The summed E-state index contributed by atoms with van der Waals surface area (Å²) in [5.74, 6) is 0.658. The Morgan fingerprint density at radius 3 is 2.16 bits per heavy atom. The van der Waals surface area contributed by atoms with Crippen molar-refractivity contribution in [3.63, 3.8) is 0 Å². The molecule has 0 radical (unpaired) electrons. The van der Waals surface area contributed by atoms with E-state index in [1.165, 1.54) is 10.5 Å². The zero-order valence-electron chi connectivity index (χ0n) is 14.2. The van der Waals surface area contributed by atoms with E-state index in [0.29, 0.717) is 23.7 Å². The molecule has 25 heavy (non-hydrogen) atoms. The van der Waals surface area contributed by atoms with Gasteiger partial charge in [-0.1, -0.05) is 30.3 Å². The van der Waals surface area contributed by atoms with Gasteiger partial charge in [0, 0.05) is 5.56 Å². The summed E-state index contributed by atoms with van der Waals surface area (Å²) in [4.78, 5) is 1.75. The maximum Gasteiger partial charge on any atom is 0.243 e. The lowest BCUT2D eigenvalue weighted by Gasteiger charge is -2.31. The number of hydrogen-bond acceptors (Lipinski definition) is 3. The minimum Gasteiger partial charge on any atom is -1.00 e. The molecule has 1 fully saturated rings. The lowest BCUT2D eigenvalue weighted by molar-refractivity contribution is -0.917. The number of nitrogens with one attached hydrogen (secondary N) is 1. The van der Waals surface area contributed by atoms with Gasteiger partial charge >= 0.3 is 0 Å². The number of halogens is 1. The van der Waals surface area contributed by atoms with Crippen LogP contribution in [0.25, 0.3) is 0 Å². The summed E-state index contributed by atoms with van der Waals surface area (Å²) in [7, 11) is -1.85. The highest BCUT2D eigenvalue weighted by Gasteiger charge is 2.30. The number of quaternary nitrogens is 1. The van der Waals surface area contributed by atoms with E-state index in [1.54, 1.807) is 35.7 Å². The van der Waals surface area contributed by atoms with Crippen molar-refractivity contribution in [1.29, 1.82) is 0 Å². The molecule has 5 nitrogen and oxygen atoms in total. The zero-order chi connectivity index (χ0) is 17.0. The maximum absolute atomic E-state index is 12.7. The van der Waals surface area contributed by atoms with Gasteiger partial charge in [0.2, 0.25) is 10.0 Å². The van der Waals surface area contributed by atoms with Gasteiger partial charge < -0.3 is 22.0 Å². The van der Waals surface area contributed by atoms with Crippen LogP contribution in [-0.2, 0) is 16.6 Å². The second kappa shape index (κ2) is 8.67. The topological polar surface area (TPSA) is 51.1 Å². The monoisotopic (exact) mass is 382 g/mol. The Hall–Kier alpha value is -1.60. The van der Waals surface area contributed by atoms with E-state index < -0.39 is 10.0 Å². The SMILES string of the molecule is COc1ccc(S(=O)(=O)N2CC[NH+](Cc3ccccc3)CC2)cc1.[Cl-]. The van der Waals surface area contributed by atoms with Gasteiger partial charge in [0.1, 0.15) is 12.3 Å². The molecule has 3 rings (SSSR count). The zero-order valence-corrected chi connectivity index (χ0v) is 15.8. The fourth-order valence-corrected chi connectivity index (χ4v) is 4.44. The van der Waals surface area contributed by atoms with Crippen molar-refractivity contribution in [2.24, 2.45) is 0 Å². The third kappa shape index (κ3) is 4.73. The number of piperazine rings is 1. The summed E-state index contributed by atoms with van der Waals surface area (Å²) < 4.78 is 32.1. The first kappa shape index (κ1) is 19.7. The van der Waals surface area contributed by atoms with E-state index in [2.05, 4.69) is 12.1 Å². The fourth-order valence-electron chi connectivity index (χ4n) is 3.00. The molecule has 0 saturated carbocycles. The maximum atomic E-state index is 12.7. The average Bonchev–Trinajstić information content (AvgIpc) is 2.63. The molecule has 2 aromatic carbocycles. The summed E-state index contributed by atoms with van der Waals surface area (Å²) in [6.45, 7) is 3.69. The van der Waals surface area contributed by atoms with Crippen molar-refractivity contribution in [2.45, 2.75) is 11.4 Å². The number of benzene rings is 2. The Bertz CT molecular complexity index is 759. The van der Waals surface area contributed by atoms with Crippen molar-refractivity contribution in [1.82, 2.24) is 4.31 Å². The Labute approximate surface area is 155 Å². The molecule has 0 aliphatic carbocycles. The third-order valence-electron chi connectivity index (χ3n) is 4.42. The Kier molecular flexibility index (Phi) is 6.84. The van der Waals surface area contributed by atoms with E-state index in [9.17, 15) is 8.42 Å². The van der Waals surface area contributed by atoms with E-state index in [4.69, 9.17) is 4.74 Å². The molecular weight excluding hydrogens is 360 g/mol. The van der Waals surface area contributed by atoms with Gasteiger partial charge in [-0.2, -0.15) is 4.31 Å². The Balaban J connectivity index is 0.00000225. The predicted molar refractivity (Wildman–Crippen MR) is 92.6 cm³/mol. The van der Waals surface area contributed by atoms with Crippen LogP contribution >= 0.6 is 0 Å². The first-order valence-electron chi connectivity index (χ1n) is 8.11. The standard InChI is InChI=1S/C18H22N2O3S.ClH/c1-23-17-7-9-18(10-8-17)24(21,22)20-13-11-19(12-14-20)15-16-5-3-2-4-6-16;/h2-10H,11-15H2,1H3;1H. The molecule has 1 saturated heterocycles. The number of hydrogen-bond donors (Lipinski definition) is 1. The van der Waals surface area contributed by atoms with Gasteiger partial charge in [-0.05, 0) is 24.3 Å². The van der Waals surface area contributed by atoms with Crippen molar-refractivity contribution in [3.05, 3.63) is 60.2 Å². The lowest BCUT2D eigenvalue weighted by atomic mass is 10.2. The summed E-state index contributed by atoms with van der Waals surface area (Å²) >= 11 is 0. The molecule has 0 bridgehead atoms. The van der Waals surface area contributed by atoms with Crippen molar-refractivity contribution < 1.29 is 30.5 Å². The number of rotatable bonds is 5. The molecule has 1 aliphatic heterocycles. The number of ether oxygens (including phenoxy) is 1. The number of nitrogens with zero attached hydrogens (tertiary/aromatic N) is 1. The molecule has 1 aliphatic rings. The molecule has 2 aromatic rings. The smallest absolute Gasteiger partial charge is 0.243 e. The summed E-state index contributed by atoms with van der Waals surface area (Å²) in [6, 6.07) is 16.9. The van der Waals surface area contributed by atoms with E-state index in [0.717, 1.165) is 19.6 Å². The van der Waals surface area contributed by atoms with Crippen LogP contribution in [0.2, 0.25) is 0 Å². The molecule has 0 spiro atoms. The molecule has 0 aromatic heterocycles. The minimum absolute atomic E-state index is 0. The fraction of sp³-hybridized carbons (Fsp3) is 0.333. The minimum atomic E-state index is -3.42. The van der Waals surface area contributed by atoms with Crippen LogP contribution in [0.3, 0.4) is 0 Å². The van der Waals surface area contributed by atoms with Crippen molar-refractivity contribution in [2.75, 3.05) is 33.3 Å². The normalized spacial score (nSPS) is 16.2. The molecule has 7 heteroatoms. The van der Waals surface area contributed by atoms with Crippen LogP contribution in [0, 0.1) is 0 Å². The van der Waals surface area contributed by atoms with E-state index in [-0.39, 0.29) is 12.4 Å². The molecule has 136 valence electrons. The van der Waals surface area contributed by atoms with Crippen LogP contribution in [0.15, 0.2) is 59.5 Å². The van der Waals surface area contributed by atoms with Crippen LogP contribution < -0.4 is 22.0 Å². The van der Waals surface area contributed by atoms with Gasteiger partial charge in [-0.15, -0.1) is 0 Å². The molecule has 0 atom stereocenters. The molecule has 0 unspecified atom stereocenters. The third-order valence-corrected chi connectivity index (χ3v) is 6.34. The lowest BCUT2D eigenvalue weighted by Crippen LogP contribution is -3.13. The highest BCUT2D eigenvalue weighted by atomic mass is 35.5. The predicted octanol–water partition coefficient (Wildman–Crippen LogP) is -2.21. The Morgan fingerprint density at radius 2 is 1.60 bits per heavy atom. The second-order valence-corrected chi connectivity index (χ2v) is 7.93. The van der Waals surface area contributed by atoms with Gasteiger partial charge in [0.25, 0.3) is 0 Å². The van der Waals surface area contributed by atoms with Crippen LogP contribution in [-0.4, -0.2) is 46.0 Å². The van der Waals surface area contributed by atoms with Crippen molar-refractivity contribution in [3.8, 4) is 5.75 Å². The quantitative estimate of drug-likeness (QED) is 0.638. The highest BCUT2D eigenvalue weighted by molar-refractivity contribution is 7.89. The summed E-state index contributed by atoms with van der Waals surface area (Å²) in [5, 5.41) is 0. The largest absolute Gasteiger partial charge is 1.00 e. The molecule has 0 amide bonds. The summed E-state index contributed by atoms with van der Waals surface area (Å²) in [5.41, 5.74) is 1.29. The Morgan fingerprint density at radius 1 is 1.00 bits per heavy atom. The van der Waals surface area contributed by atoms with Gasteiger partial charge in [-0.25, -0.2) is 8.42 Å². The first-order valence-corrected chi connectivity index (χ1v) is 9.55.